The molecule has 0 saturated carbocycles. The highest BCUT2D eigenvalue weighted by Gasteiger charge is 2.14. The molecule has 0 aliphatic carbocycles. The molecular weight excluding hydrogens is 356 g/mol. The van der Waals surface area contributed by atoms with Gasteiger partial charge >= 0.3 is 5.97 Å². The highest BCUT2D eigenvalue weighted by Crippen LogP contribution is 2.25. The number of aromatic nitrogens is 1. The average Bonchev–Trinajstić information content (AvgIpc) is 2.76. The van der Waals surface area contributed by atoms with Crippen molar-refractivity contribution in [2.75, 3.05) is 5.32 Å². The molecule has 21 heavy (non-hydrogen) atoms. The zero-order valence-electron chi connectivity index (χ0n) is 11.2. The van der Waals surface area contributed by atoms with Gasteiger partial charge in [0.15, 0.2) is 5.13 Å². The summed E-state index contributed by atoms with van der Waals surface area (Å²) in [5, 5.41) is 11.9. The summed E-state index contributed by atoms with van der Waals surface area (Å²) in [6.07, 6.45) is 0.477. The van der Waals surface area contributed by atoms with E-state index in [0.717, 1.165) is 10.6 Å². The number of anilines is 1. The van der Waals surface area contributed by atoms with Crippen LogP contribution in [0.2, 0.25) is 0 Å². The van der Waals surface area contributed by atoms with Gasteiger partial charge in [-0.15, -0.1) is 11.3 Å². The normalized spacial score (nSPS) is 10.4. The van der Waals surface area contributed by atoms with Crippen LogP contribution >= 0.6 is 27.3 Å². The van der Waals surface area contributed by atoms with Crippen LogP contribution in [0.15, 0.2) is 28.7 Å². The lowest BCUT2D eigenvalue weighted by molar-refractivity contribution is -0.136. The number of halogens is 1. The van der Waals surface area contributed by atoms with Gasteiger partial charge in [0.1, 0.15) is 0 Å². The van der Waals surface area contributed by atoms with Crippen LogP contribution in [0.3, 0.4) is 0 Å². The molecule has 1 aromatic heterocycles. The number of aliphatic carboxylic acids is 1. The van der Waals surface area contributed by atoms with Gasteiger partial charge in [-0.3, -0.25) is 14.9 Å². The number of carboxylic acids is 1. The van der Waals surface area contributed by atoms with Gasteiger partial charge in [-0.1, -0.05) is 12.1 Å². The zero-order valence-corrected chi connectivity index (χ0v) is 13.6. The van der Waals surface area contributed by atoms with Gasteiger partial charge in [0.25, 0.3) is 5.91 Å². The number of carboxylic acid groups (broad SMARTS) is 1. The minimum atomic E-state index is -0.846. The average molecular weight is 369 g/mol. The molecule has 5 nitrogen and oxygen atoms in total. The first kappa shape index (κ1) is 15.7. The summed E-state index contributed by atoms with van der Waals surface area (Å²) in [5.41, 5.74) is 1.28. The van der Waals surface area contributed by atoms with E-state index in [0.29, 0.717) is 21.6 Å². The Morgan fingerprint density at radius 3 is 2.76 bits per heavy atom. The number of aryl methyl sites for hydroxylation is 2. The third-order valence-electron chi connectivity index (χ3n) is 2.80. The van der Waals surface area contributed by atoms with Crippen molar-refractivity contribution >= 4 is 44.3 Å². The Morgan fingerprint density at radius 2 is 2.10 bits per heavy atom. The molecule has 0 unspecified atom stereocenters. The van der Waals surface area contributed by atoms with Crippen LogP contribution in [0.1, 0.15) is 27.3 Å². The molecule has 1 amide bonds. The third kappa shape index (κ3) is 4.12. The van der Waals surface area contributed by atoms with Crippen molar-refractivity contribution in [1.82, 2.24) is 4.98 Å². The molecule has 0 aliphatic rings. The van der Waals surface area contributed by atoms with E-state index in [1.165, 1.54) is 11.3 Å². The number of nitrogens with one attached hydrogen (secondary N) is 1. The first-order chi connectivity index (χ1) is 9.97. The van der Waals surface area contributed by atoms with Gasteiger partial charge in [0.2, 0.25) is 0 Å². The fourth-order valence-electron chi connectivity index (χ4n) is 1.74. The van der Waals surface area contributed by atoms with E-state index >= 15 is 0 Å². The Bertz CT molecular complexity index is 685. The summed E-state index contributed by atoms with van der Waals surface area (Å²) >= 11 is 4.64. The summed E-state index contributed by atoms with van der Waals surface area (Å²) < 4.78 is 0.710. The van der Waals surface area contributed by atoms with Crippen LogP contribution in [0.4, 0.5) is 5.13 Å². The van der Waals surface area contributed by atoms with Gasteiger partial charge in [0.05, 0.1) is 17.7 Å². The highest BCUT2D eigenvalue weighted by molar-refractivity contribution is 9.10. The van der Waals surface area contributed by atoms with E-state index in [1.807, 2.05) is 13.0 Å². The molecule has 0 bridgehead atoms. The molecule has 0 aliphatic heterocycles. The first-order valence-electron chi connectivity index (χ1n) is 6.21. The van der Waals surface area contributed by atoms with Gasteiger partial charge in [-0.2, -0.15) is 0 Å². The minimum absolute atomic E-state index is 0.0562. The smallest absolute Gasteiger partial charge is 0.303 e. The van der Waals surface area contributed by atoms with E-state index in [9.17, 15) is 9.59 Å². The highest BCUT2D eigenvalue weighted by atomic mass is 79.9. The number of hydrogen-bond acceptors (Lipinski definition) is 4. The lowest BCUT2D eigenvalue weighted by Crippen LogP contribution is -2.12. The third-order valence-corrected chi connectivity index (χ3v) is 4.62. The Hall–Kier alpha value is -1.73. The van der Waals surface area contributed by atoms with Gasteiger partial charge in [-0.05, 0) is 41.4 Å². The molecule has 1 heterocycles. The number of nitrogens with zero attached hydrogens (tertiary/aromatic N) is 1. The number of thiazole rings is 1. The van der Waals surface area contributed by atoms with E-state index in [4.69, 9.17) is 5.11 Å². The maximum absolute atomic E-state index is 12.2. The molecule has 2 aromatic rings. The van der Waals surface area contributed by atoms with E-state index in [2.05, 4.69) is 26.2 Å². The van der Waals surface area contributed by atoms with Crippen molar-refractivity contribution in [2.24, 2.45) is 0 Å². The van der Waals surface area contributed by atoms with Crippen molar-refractivity contribution in [2.45, 2.75) is 19.8 Å². The van der Waals surface area contributed by atoms with Crippen molar-refractivity contribution in [3.63, 3.8) is 0 Å². The second-order valence-electron chi connectivity index (χ2n) is 4.36. The molecule has 0 saturated heterocycles. The molecule has 2 N–H and O–H groups in total. The zero-order chi connectivity index (χ0) is 15.4. The number of hydrogen-bond donors (Lipinski definition) is 2. The van der Waals surface area contributed by atoms with Crippen LogP contribution < -0.4 is 5.32 Å². The van der Waals surface area contributed by atoms with Gasteiger partial charge < -0.3 is 5.11 Å². The first-order valence-corrected chi connectivity index (χ1v) is 7.82. The quantitative estimate of drug-likeness (QED) is 0.846. The molecule has 0 spiro atoms. The second-order valence-corrected chi connectivity index (χ2v) is 6.29. The maximum Gasteiger partial charge on any atom is 0.303 e. The Kier molecular flexibility index (Phi) is 5.08. The van der Waals surface area contributed by atoms with Crippen LogP contribution in [0, 0.1) is 6.92 Å². The number of rotatable bonds is 5. The Balaban J connectivity index is 2.10. The van der Waals surface area contributed by atoms with Crippen LogP contribution in [0.25, 0.3) is 0 Å². The fourth-order valence-corrected chi connectivity index (χ4v) is 3.17. The lowest BCUT2D eigenvalue weighted by Gasteiger charge is -2.03. The minimum Gasteiger partial charge on any atom is -0.481 e. The molecule has 2 rings (SSSR count). The summed E-state index contributed by atoms with van der Waals surface area (Å²) in [6, 6.07) is 7.12. The van der Waals surface area contributed by atoms with E-state index in [1.54, 1.807) is 18.2 Å². The molecule has 1 aromatic carbocycles. The molecule has 7 heteroatoms. The van der Waals surface area contributed by atoms with Crippen molar-refractivity contribution in [3.05, 3.63) is 44.9 Å². The standard InChI is InChI=1S/C14H13BrN2O3S/c1-8-11(6-7-12(18)19)21-14(16-8)17-13(20)9-4-2-3-5-10(9)15/h2-5H,6-7H2,1H3,(H,18,19)(H,16,17,20). The fraction of sp³-hybridized carbons (Fsp3) is 0.214. The number of carbonyl (C=O) groups is 2. The number of amides is 1. The summed E-state index contributed by atoms with van der Waals surface area (Å²) in [5.74, 6) is -1.09. The van der Waals surface area contributed by atoms with Gasteiger partial charge in [0, 0.05) is 9.35 Å². The van der Waals surface area contributed by atoms with Crippen LogP contribution in [0.5, 0.6) is 0 Å². The number of benzene rings is 1. The Morgan fingerprint density at radius 1 is 1.38 bits per heavy atom. The van der Waals surface area contributed by atoms with E-state index in [-0.39, 0.29) is 12.3 Å². The van der Waals surface area contributed by atoms with Gasteiger partial charge in [-0.25, -0.2) is 4.98 Å². The van der Waals surface area contributed by atoms with Crippen molar-refractivity contribution in [1.29, 1.82) is 0 Å². The summed E-state index contributed by atoms with van der Waals surface area (Å²) in [6.45, 7) is 1.81. The summed E-state index contributed by atoms with van der Waals surface area (Å²) in [7, 11) is 0. The van der Waals surface area contributed by atoms with Crippen LogP contribution in [-0.4, -0.2) is 22.0 Å². The molecule has 0 radical (unpaired) electrons. The van der Waals surface area contributed by atoms with Crippen molar-refractivity contribution in [3.8, 4) is 0 Å². The van der Waals surface area contributed by atoms with Crippen molar-refractivity contribution < 1.29 is 14.7 Å². The molecule has 0 fully saturated rings. The summed E-state index contributed by atoms with van der Waals surface area (Å²) in [4.78, 5) is 27.9. The Labute approximate surface area is 134 Å². The topological polar surface area (TPSA) is 79.3 Å². The molecule has 0 atom stereocenters. The largest absolute Gasteiger partial charge is 0.481 e. The SMILES string of the molecule is Cc1nc(NC(=O)c2ccccc2Br)sc1CCC(=O)O. The predicted octanol–water partition coefficient (Wildman–Crippen LogP) is 3.48. The monoisotopic (exact) mass is 368 g/mol. The van der Waals surface area contributed by atoms with E-state index < -0.39 is 5.97 Å². The number of carbonyl (C=O) groups excluding carboxylic acids is 1. The molecular formula is C14H13BrN2O3S. The van der Waals surface area contributed by atoms with Crippen LogP contribution in [-0.2, 0) is 11.2 Å². The maximum atomic E-state index is 12.2. The predicted molar refractivity (Wildman–Crippen MR) is 84.9 cm³/mol. The molecule has 110 valence electrons. The second kappa shape index (κ2) is 6.82. The lowest BCUT2D eigenvalue weighted by atomic mass is 10.2.